The number of nitrogens with one attached hydrogen (secondary N) is 2. The second-order valence-corrected chi connectivity index (χ2v) is 5.46. The summed E-state index contributed by atoms with van der Waals surface area (Å²) in [4.78, 5) is 16.6. The minimum absolute atomic E-state index is 0.125. The lowest BCUT2D eigenvalue weighted by Crippen LogP contribution is -2.37. The summed E-state index contributed by atoms with van der Waals surface area (Å²) < 4.78 is 13.2. The van der Waals surface area contributed by atoms with E-state index in [1.807, 2.05) is 0 Å². The third-order valence-corrected chi connectivity index (χ3v) is 3.89. The smallest absolute Gasteiger partial charge is 0.253 e. The van der Waals surface area contributed by atoms with Crippen molar-refractivity contribution in [1.82, 2.24) is 15.6 Å². The highest BCUT2D eigenvalue weighted by atomic mass is 19.1. The van der Waals surface area contributed by atoms with Crippen LogP contribution in [-0.4, -0.2) is 30.0 Å². The summed E-state index contributed by atoms with van der Waals surface area (Å²) >= 11 is 0. The van der Waals surface area contributed by atoms with Crippen LogP contribution in [0.5, 0.6) is 0 Å². The largest absolute Gasteiger partial charge is 0.350 e. The van der Waals surface area contributed by atoms with E-state index in [-0.39, 0.29) is 11.7 Å². The van der Waals surface area contributed by atoms with E-state index >= 15 is 0 Å². The van der Waals surface area contributed by atoms with Gasteiger partial charge in [0.25, 0.3) is 5.91 Å². The van der Waals surface area contributed by atoms with Gasteiger partial charge in [0.05, 0.1) is 16.8 Å². The predicted molar refractivity (Wildman–Crippen MR) is 79.8 cm³/mol. The van der Waals surface area contributed by atoms with E-state index in [9.17, 15) is 9.18 Å². The molecule has 2 N–H and O–H groups in total. The SMILES string of the molecule is Cc1nc2cc(F)ccc2cc1C(=O)NCC1CCCN1. The van der Waals surface area contributed by atoms with Crippen molar-refractivity contribution in [2.75, 3.05) is 13.1 Å². The van der Waals surface area contributed by atoms with Gasteiger partial charge in [-0.2, -0.15) is 0 Å². The third-order valence-electron chi connectivity index (χ3n) is 3.89. The van der Waals surface area contributed by atoms with Crippen LogP contribution in [0.2, 0.25) is 0 Å². The Hall–Kier alpha value is -2.01. The predicted octanol–water partition coefficient (Wildman–Crippen LogP) is 2.16. The van der Waals surface area contributed by atoms with E-state index in [0.29, 0.717) is 29.4 Å². The molecule has 0 saturated carbocycles. The summed E-state index contributed by atoms with van der Waals surface area (Å²) in [6, 6.07) is 6.54. The van der Waals surface area contributed by atoms with Crippen molar-refractivity contribution in [3.05, 3.63) is 41.3 Å². The van der Waals surface area contributed by atoms with Crippen LogP contribution in [0.4, 0.5) is 4.39 Å². The number of amides is 1. The summed E-state index contributed by atoms with van der Waals surface area (Å²) in [5, 5.41) is 7.05. The molecule has 0 radical (unpaired) electrons. The maximum atomic E-state index is 13.2. The molecule has 1 aromatic carbocycles. The normalized spacial score (nSPS) is 18.1. The van der Waals surface area contributed by atoms with Crippen LogP contribution >= 0.6 is 0 Å². The molecule has 0 aliphatic carbocycles. The molecule has 0 spiro atoms. The van der Waals surface area contributed by atoms with Crippen molar-refractivity contribution >= 4 is 16.8 Å². The lowest BCUT2D eigenvalue weighted by Gasteiger charge is -2.13. The fraction of sp³-hybridized carbons (Fsp3) is 0.375. The fourth-order valence-corrected chi connectivity index (χ4v) is 2.71. The summed E-state index contributed by atoms with van der Waals surface area (Å²) in [5.41, 5.74) is 1.73. The number of pyridine rings is 1. The van der Waals surface area contributed by atoms with Gasteiger partial charge in [-0.1, -0.05) is 0 Å². The number of nitrogens with zero attached hydrogens (tertiary/aromatic N) is 1. The van der Waals surface area contributed by atoms with Crippen molar-refractivity contribution in [2.24, 2.45) is 0 Å². The monoisotopic (exact) mass is 287 g/mol. The molecule has 1 saturated heterocycles. The van der Waals surface area contributed by atoms with Crippen molar-refractivity contribution in [1.29, 1.82) is 0 Å². The van der Waals surface area contributed by atoms with E-state index < -0.39 is 0 Å². The minimum atomic E-state index is -0.320. The van der Waals surface area contributed by atoms with Gasteiger partial charge < -0.3 is 10.6 Å². The number of aryl methyl sites for hydroxylation is 1. The molecule has 3 rings (SSSR count). The summed E-state index contributed by atoms with van der Waals surface area (Å²) in [5.74, 6) is -0.446. The molecule has 2 aromatic rings. The molecule has 0 bridgehead atoms. The van der Waals surface area contributed by atoms with Gasteiger partial charge in [-0.15, -0.1) is 0 Å². The number of rotatable bonds is 3. The number of carbonyl (C=O) groups is 1. The highest BCUT2D eigenvalue weighted by Crippen LogP contribution is 2.17. The van der Waals surface area contributed by atoms with E-state index in [0.717, 1.165) is 24.8 Å². The lowest BCUT2D eigenvalue weighted by molar-refractivity contribution is 0.0949. The van der Waals surface area contributed by atoms with Crippen molar-refractivity contribution in [3.8, 4) is 0 Å². The second kappa shape index (κ2) is 5.77. The topological polar surface area (TPSA) is 54.0 Å². The van der Waals surface area contributed by atoms with E-state index in [2.05, 4.69) is 15.6 Å². The summed E-state index contributed by atoms with van der Waals surface area (Å²) in [7, 11) is 0. The van der Waals surface area contributed by atoms with Gasteiger partial charge in [0.15, 0.2) is 0 Å². The van der Waals surface area contributed by atoms with Crippen LogP contribution in [0.3, 0.4) is 0 Å². The Labute approximate surface area is 122 Å². The second-order valence-electron chi connectivity index (χ2n) is 5.46. The average molecular weight is 287 g/mol. The number of aromatic nitrogens is 1. The number of fused-ring (bicyclic) bond motifs is 1. The van der Waals surface area contributed by atoms with Gasteiger partial charge in [-0.05, 0) is 44.5 Å². The summed E-state index contributed by atoms with van der Waals surface area (Å²) in [6.45, 7) is 3.41. The fourth-order valence-electron chi connectivity index (χ4n) is 2.71. The zero-order valence-corrected chi connectivity index (χ0v) is 11.9. The molecule has 4 nitrogen and oxygen atoms in total. The van der Waals surface area contributed by atoms with E-state index in [4.69, 9.17) is 0 Å². The number of benzene rings is 1. The Morgan fingerprint density at radius 1 is 1.48 bits per heavy atom. The van der Waals surface area contributed by atoms with Gasteiger partial charge in [0.1, 0.15) is 5.82 Å². The molecule has 21 heavy (non-hydrogen) atoms. The minimum Gasteiger partial charge on any atom is -0.350 e. The molecule has 1 aromatic heterocycles. The molecule has 1 aliphatic rings. The number of carbonyl (C=O) groups excluding carboxylic acids is 1. The first-order valence-electron chi connectivity index (χ1n) is 7.22. The van der Waals surface area contributed by atoms with Gasteiger partial charge in [0, 0.05) is 24.0 Å². The maximum absolute atomic E-state index is 13.2. The highest BCUT2D eigenvalue weighted by molar-refractivity contribution is 5.98. The highest BCUT2D eigenvalue weighted by Gasteiger charge is 2.17. The molecular formula is C16H18FN3O. The maximum Gasteiger partial charge on any atom is 0.253 e. The van der Waals surface area contributed by atoms with Gasteiger partial charge in [-0.3, -0.25) is 9.78 Å². The molecule has 110 valence electrons. The first-order valence-corrected chi connectivity index (χ1v) is 7.22. The zero-order valence-electron chi connectivity index (χ0n) is 11.9. The lowest BCUT2D eigenvalue weighted by atomic mass is 10.1. The molecule has 2 heterocycles. The van der Waals surface area contributed by atoms with Crippen LogP contribution in [0.15, 0.2) is 24.3 Å². The number of hydrogen-bond donors (Lipinski definition) is 2. The summed E-state index contributed by atoms with van der Waals surface area (Å²) in [6.07, 6.45) is 2.25. The Morgan fingerprint density at radius 3 is 3.10 bits per heavy atom. The molecule has 1 atom stereocenters. The van der Waals surface area contributed by atoms with Crippen LogP contribution in [0.25, 0.3) is 10.9 Å². The van der Waals surface area contributed by atoms with Crippen molar-refractivity contribution in [3.63, 3.8) is 0 Å². The van der Waals surface area contributed by atoms with Crippen LogP contribution in [0, 0.1) is 12.7 Å². The van der Waals surface area contributed by atoms with Crippen LogP contribution in [0.1, 0.15) is 28.9 Å². The van der Waals surface area contributed by atoms with Crippen molar-refractivity contribution < 1.29 is 9.18 Å². The van der Waals surface area contributed by atoms with Crippen LogP contribution in [-0.2, 0) is 0 Å². The third kappa shape index (κ3) is 3.03. The number of halogens is 1. The Bertz CT molecular complexity index is 681. The van der Waals surface area contributed by atoms with Gasteiger partial charge in [-0.25, -0.2) is 4.39 Å². The van der Waals surface area contributed by atoms with E-state index in [1.165, 1.54) is 12.1 Å². The molecule has 1 unspecified atom stereocenters. The first kappa shape index (κ1) is 13.9. The average Bonchev–Trinajstić information content (AvgIpc) is 2.97. The van der Waals surface area contributed by atoms with Crippen molar-refractivity contribution in [2.45, 2.75) is 25.8 Å². The molecule has 1 amide bonds. The van der Waals surface area contributed by atoms with Gasteiger partial charge in [0.2, 0.25) is 0 Å². The molecule has 5 heteroatoms. The number of hydrogen-bond acceptors (Lipinski definition) is 3. The standard InChI is InChI=1S/C16H18FN3O/c1-10-14(16(21)19-9-13-3-2-6-18-13)7-11-4-5-12(17)8-15(11)20-10/h4-5,7-8,13,18H,2-3,6,9H2,1H3,(H,19,21). The molecular weight excluding hydrogens is 269 g/mol. The van der Waals surface area contributed by atoms with Crippen LogP contribution < -0.4 is 10.6 Å². The quantitative estimate of drug-likeness (QED) is 0.909. The molecule has 1 fully saturated rings. The Morgan fingerprint density at radius 2 is 2.33 bits per heavy atom. The Kier molecular flexibility index (Phi) is 3.84. The first-order chi connectivity index (χ1) is 10.1. The van der Waals surface area contributed by atoms with Gasteiger partial charge >= 0.3 is 0 Å². The molecule has 1 aliphatic heterocycles. The Balaban J connectivity index is 1.80. The van der Waals surface area contributed by atoms with E-state index in [1.54, 1.807) is 19.1 Å². The zero-order chi connectivity index (χ0) is 14.8.